The van der Waals surface area contributed by atoms with Crippen LogP contribution in [0.3, 0.4) is 0 Å². The quantitative estimate of drug-likeness (QED) is 0.0895. The molecule has 0 spiro atoms. The van der Waals surface area contributed by atoms with E-state index in [0.717, 1.165) is 32.1 Å². The summed E-state index contributed by atoms with van der Waals surface area (Å²) >= 11 is 0. The van der Waals surface area contributed by atoms with Crippen LogP contribution in [-0.2, 0) is 28.4 Å². The smallest absolute Gasteiger partial charge is 0.187 e. The molecule has 0 bridgehead atoms. The Hall–Kier alpha value is -0.600. The van der Waals surface area contributed by atoms with Crippen molar-refractivity contribution in [3.8, 4) is 0 Å². The van der Waals surface area contributed by atoms with Crippen LogP contribution in [0.15, 0.2) is 0 Å². The standard InChI is InChI=1S/C26H48O15/c1-3-4-5-6-7-8-9-36-26-23(41-24-20(34)18(32)15(29)12(2)37-24)22(17(31)14(11-28)39-26)40-25-21(35)19(33)16(30)13(10-27)38-25/h12-35H,3-11H2,1-2H3/t12-,13+,14+,15+,16+,17-,18+,19-,20-,21+,22-,23+,24-,25+,26+/m0/s1. The maximum Gasteiger partial charge on any atom is 0.187 e. The molecule has 3 aliphatic rings. The van der Waals surface area contributed by atoms with Gasteiger partial charge in [-0.2, -0.15) is 0 Å². The maximum absolute atomic E-state index is 11.1. The minimum Gasteiger partial charge on any atom is -0.394 e. The van der Waals surface area contributed by atoms with Crippen LogP contribution in [0.1, 0.15) is 52.4 Å². The van der Waals surface area contributed by atoms with Crippen molar-refractivity contribution in [2.75, 3.05) is 19.8 Å². The van der Waals surface area contributed by atoms with Crippen molar-refractivity contribution in [2.24, 2.45) is 0 Å². The first-order chi connectivity index (χ1) is 19.5. The first kappa shape index (κ1) is 34.9. The number of ether oxygens (including phenoxy) is 6. The van der Waals surface area contributed by atoms with Gasteiger partial charge in [-0.25, -0.2) is 0 Å². The summed E-state index contributed by atoms with van der Waals surface area (Å²) in [4.78, 5) is 0. The van der Waals surface area contributed by atoms with Crippen LogP contribution in [0, 0.1) is 0 Å². The van der Waals surface area contributed by atoms with E-state index in [2.05, 4.69) is 6.92 Å². The Morgan fingerprint density at radius 1 is 0.537 bits per heavy atom. The highest BCUT2D eigenvalue weighted by atomic mass is 16.8. The highest BCUT2D eigenvalue weighted by Gasteiger charge is 2.54. The molecular formula is C26H48O15. The van der Waals surface area contributed by atoms with Gasteiger partial charge in [0.25, 0.3) is 0 Å². The van der Waals surface area contributed by atoms with Gasteiger partial charge in [0.1, 0.15) is 67.1 Å². The van der Waals surface area contributed by atoms with Gasteiger partial charge in [0.05, 0.1) is 19.3 Å². The molecule has 242 valence electrons. The lowest BCUT2D eigenvalue weighted by molar-refractivity contribution is -0.390. The van der Waals surface area contributed by atoms with E-state index >= 15 is 0 Å². The van der Waals surface area contributed by atoms with Gasteiger partial charge in [-0.1, -0.05) is 39.0 Å². The second kappa shape index (κ2) is 16.5. The Morgan fingerprint density at radius 2 is 1.05 bits per heavy atom. The predicted molar refractivity (Wildman–Crippen MR) is 137 cm³/mol. The summed E-state index contributed by atoms with van der Waals surface area (Å²) in [5.41, 5.74) is 0. The summed E-state index contributed by atoms with van der Waals surface area (Å²) in [5.74, 6) is 0. The molecule has 3 fully saturated rings. The molecule has 15 nitrogen and oxygen atoms in total. The number of aliphatic hydroxyl groups excluding tert-OH is 9. The van der Waals surface area contributed by atoms with E-state index in [-0.39, 0.29) is 6.61 Å². The van der Waals surface area contributed by atoms with Crippen molar-refractivity contribution in [3.63, 3.8) is 0 Å². The monoisotopic (exact) mass is 600 g/mol. The fraction of sp³-hybridized carbons (Fsp3) is 1.00. The Balaban J connectivity index is 1.82. The zero-order valence-corrected chi connectivity index (χ0v) is 23.5. The summed E-state index contributed by atoms with van der Waals surface area (Å²) < 4.78 is 34.5. The van der Waals surface area contributed by atoms with Crippen LogP contribution in [0.5, 0.6) is 0 Å². The molecule has 0 aromatic carbocycles. The third kappa shape index (κ3) is 8.53. The molecular weight excluding hydrogens is 552 g/mol. The van der Waals surface area contributed by atoms with E-state index in [4.69, 9.17) is 28.4 Å². The first-order valence-electron chi connectivity index (χ1n) is 14.4. The minimum atomic E-state index is -1.81. The van der Waals surface area contributed by atoms with E-state index in [1.807, 2.05) is 0 Å². The van der Waals surface area contributed by atoms with Gasteiger partial charge in [0.2, 0.25) is 0 Å². The van der Waals surface area contributed by atoms with E-state index < -0.39 is 105 Å². The largest absolute Gasteiger partial charge is 0.394 e. The lowest BCUT2D eigenvalue weighted by atomic mass is 9.96. The Bertz CT molecular complexity index is 746. The van der Waals surface area contributed by atoms with Crippen molar-refractivity contribution >= 4 is 0 Å². The number of aliphatic hydroxyl groups is 9. The molecule has 41 heavy (non-hydrogen) atoms. The third-order valence-electron chi connectivity index (χ3n) is 7.82. The van der Waals surface area contributed by atoms with Gasteiger partial charge >= 0.3 is 0 Å². The Morgan fingerprint density at radius 3 is 1.68 bits per heavy atom. The van der Waals surface area contributed by atoms with Crippen LogP contribution in [-0.4, -0.2) is 158 Å². The highest BCUT2D eigenvalue weighted by Crippen LogP contribution is 2.33. The van der Waals surface area contributed by atoms with E-state index in [1.54, 1.807) is 0 Å². The molecule has 0 aliphatic carbocycles. The van der Waals surface area contributed by atoms with Gasteiger partial charge in [0.15, 0.2) is 18.9 Å². The predicted octanol–water partition coefficient (Wildman–Crippen LogP) is -3.16. The molecule has 0 amide bonds. The Labute approximate surface area is 239 Å². The molecule has 3 saturated heterocycles. The van der Waals surface area contributed by atoms with Crippen LogP contribution in [0.25, 0.3) is 0 Å². The van der Waals surface area contributed by atoms with Crippen molar-refractivity contribution in [3.05, 3.63) is 0 Å². The van der Waals surface area contributed by atoms with Crippen LogP contribution in [0.4, 0.5) is 0 Å². The zero-order chi connectivity index (χ0) is 30.3. The fourth-order valence-corrected chi connectivity index (χ4v) is 5.17. The molecule has 15 heteroatoms. The summed E-state index contributed by atoms with van der Waals surface area (Å²) in [7, 11) is 0. The van der Waals surface area contributed by atoms with Gasteiger partial charge in [-0.05, 0) is 13.3 Å². The second-order valence-electron chi connectivity index (χ2n) is 10.9. The van der Waals surface area contributed by atoms with Crippen molar-refractivity contribution in [1.29, 1.82) is 0 Å². The molecule has 3 rings (SSSR count). The number of unbranched alkanes of at least 4 members (excludes halogenated alkanes) is 5. The fourth-order valence-electron chi connectivity index (χ4n) is 5.17. The number of hydrogen-bond acceptors (Lipinski definition) is 15. The Kier molecular flexibility index (Phi) is 14.0. The highest BCUT2D eigenvalue weighted by molar-refractivity contribution is 4.96. The molecule has 0 radical (unpaired) electrons. The number of rotatable bonds is 14. The lowest BCUT2D eigenvalue weighted by Gasteiger charge is -2.48. The van der Waals surface area contributed by atoms with Gasteiger partial charge in [-0.15, -0.1) is 0 Å². The van der Waals surface area contributed by atoms with Gasteiger partial charge in [0, 0.05) is 6.61 Å². The van der Waals surface area contributed by atoms with Crippen molar-refractivity contribution < 1.29 is 74.4 Å². The average molecular weight is 601 g/mol. The molecule has 0 saturated carbocycles. The SMILES string of the molecule is CCCCCCCCO[C@@H]1O[C@H](CO)[C@H](O)[C@H](O[C@H]2O[C@H](CO)[C@@H](O)[C@H](O)[C@H]2O)[C@H]1O[C@@H]1O[C@@H](C)[C@@H](O)[C@@H](O)[C@@H]1O. The van der Waals surface area contributed by atoms with Gasteiger partial charge in [-0.3, -0.25) is 0 Å². The summed E-state index contributed by atoms with van der Waals surface area (Å²) in [6.07, 6.45) is -16.7. The van der Waals surface area contributed by atoms with Crippen LogP contribution in [0.2, 0.25) is 0 Å². The second-order valence-corrected chi connectivity index (χ2v) is 10.9. The van der Waals surface area contributed by atoms with E-state index in [1.165, 1.54) is 6.92 Å². The zero-order valence-electron chi connectivity index (χ0n) is 23.5. The average Bonchev–Trinajstić information content (AvgIpc) is 2.96. The topological polar surface area (TPSA) is 237 Å². The van der Waals surface area contributed by atoms with Crippen LogP contribution < -0.4 is 0 Å². The number of hydrogen-bond donors (Lipinski definition) is 9. The van der Waals surface area contributed by atoms with Gasteiger partial charge < -0.3 is 74.4 Å². The summed E-state index contributed by atoms with van der Waals surface area (Å²) in [5, 5.41) is 92.3. The molecule has 0 aromatic rings. The summed E-state index contributed by atoms with van der Waals surface area (Å²) in [6.45, 7) is 2.39. The first-order valence-corrected chi connectivity index (χ1v) is 14.4. The lowest BCUT2D eigenvalue weighted by Crippen LogP contribution is -2.67. The molecule has 0 aromatic heterocycles. The van der Waals surface area contributed by atoms with E-state index in [9.17, 15) is 46.0 Å². The minimum absolute atomic E-state index is 0.198. The van der Waals surface area contributed by atoms with Crippen molar-refractivity contribution in [1.82, 2.24) is 0 Å². The third-order valence-corrected chi connectivity index (χ3v) is 7.82. The molecule has 9 N–H and O–H groups in total. The maximum atomic E-state index is 11.1. The molecule has 0 unspecified atom stereocenters. The van der Waals surface area contributed by atoms with Crippen molar-refractivity contribution in [2.45, 2.75) is 144 Å². The van der Waals surface area contributed by atoms with E-state index in [0.29, 0.717) is 6.42 Å². The van der Waals surface area contributed by atoms with Crippen LogP contribution >= 0.6 is 0 Å². The molecule has 3 heterocycles. The summed E-state index contributed by atoms with van der Waals surface area (Å²) in [6, 6.07) is 0. The molecule has 15 atom stereocenters. The molecule has 3 aliphatic heterocycles. The normalized spacial score (nSPS) is 45.6.